The number of amides is 1. The highest BCUT2D eigenvalue weighted by molar-refractivity contribution is 6.39. The molecule has 1 atom stereocenters. The highest BCUT2D eigenvalue weighted by Gasteiger charge is 2.40. The molecule has 26 heavy (non-hydrogen) atoms. The quantitative estimate of drug-likeness (QED) is 0.533. The molecule has 6 nitrogen and oxygen atoms in total. The summed E-state index contributed by atoms with van der Waals surface area (Å²) in [5, 5.41) is 16.8. The first-order chi connectivity index (χ1) is 12.3. The monoisotopic (exact) mass is 390 g/mol. The van der Waals surface area contributed by atoms with Crippen molar-refractivity contribution in [2.24, 2.45) is 0 Å². The van der Waals surface area contributed by atoms with Crippen molar-refractivity contribution in [3.05, 3.63) is 51.5 Å². The van der Waals surface area contributed by atoms with Crippen LogP contribution in [0.3, 0.4) is 0 Å². The molecule has 2 aromatic carbocycles. The van der Waals surface area contributed by atoms with Gasteiger partial charge in [0.25, 0.3) is 5.91 Å². The number of rotatable bonds is 2. The molecule has 0 aliphatic carbocycles. The van der Waals surface area contributed by atoms with Gasteiger partial charge in [0.1, 0.15) is 11.7 Å². The number of fused-ring (bicyclic) bond motifs is 3. The zero-order chi connectivity index (χ0) is 18.6. The number of imidazole rings is 1. The fourth-order valence-electron chi connectivity index (χ4n) is 3.16. The fourth-order valence-corrected chi connectivity index (χ4v) is 3.65. The van der Waals surface area contributed by atoms with Crippen LogP contribution in [-0.4, -0.2) is 27.2 Å². The molecule has 0 radical (unpaired) electrons. The summed E-state index contributed by atoms with van der Waals surface area (Å²) in [6.45, 7) is 3.74. The van der Waals surface area contributed by atoms with Crippen LogP contribution in [-0.2, 0) is 5.41 Å². The van der Waals surface area contributed by atoms with E-state index < -0.39 is 11.6 Å². The van der Waals surface area contributed by atoms with Gasteiger partial charge in [-0.25, -0.2) is 4.98 Å². The largest absolute Gasteiger partial charge is 0.373 e. The smallest absolute Gasteiger partial charge is 0.255 e. The Morgan fingerprint density at radius 2 is 1.88 bits per heavy atom. The van der Waals surface area contributed by atoms with Crippen LogP contribution in [0.5, 0.6) is 0 Å². The van der Waals surface area contributed by atoms with Crippen molar-refractivity contribution in [1.82, 2.24) is 15.3 Å². The molecule has 0 bridgehead atoms. The molecule has 1 amide bonds. The molecule has 4 N–H and O–H groups in total. The fraction of sp³-hybridized carbons (Fsp3) is 0.222. The Bertz CT molecular complexity index is 1020. The molecule has 1 aromatic heterocycles. The summed E-state index contributed by atoms with van der Waals surface area (Å²) in [5.74, 6) is 0.0615. The van der Waals surface area contributed by atoms with E-state index in [1.54, 1.807) is 18.2 Å². The minimum Gasteiger partial charge on any atom is -0.373 e. The van der Waals surface area contributed by atoms with Gasteiger partial charge in [-0.15, -0.1) is 0 Å². The third kappa shape index (κ3) is 2.53. The van der Waals surface area contributed by atoms with Crippen LogP contribution in [0.1, 0.15) is 29.8 Å². The van der Waals surface area contributed by atoms with Gasteiger partial charge in [0.15, 0.2) is 0 Å². The SMILES string of the molecule is CC1(C)c2ccc3[nH]c(Nc4c(Cl)cccc4Cl)nc3c2C(=O)NC1O. The Labute approximate surface area is 159 Å². The number of aromatic amines is 1. The normalized spacial score (nSPS) is 18.5. The molecule has 8 heteroatoms. The number of H-pyrrole nitrogens is 1. The molecule has 1 unspecified atom stereocenters. The van der Waals surface area contributed by atoms with E-state index >= 15 is 0 Å². The Kier molecular flexibility index (Phi) is 3.87. The summed E-state index contributed by atoms with van der Waals surface area (Å²) in [5.41, 5.74) is 2.31. The number of halogens is 2. The summed E-state index contributed by atoms with van der Waals surface area (Å²) in [6, 6.07) is 8.87. The lowest BCUT2D eigenvalue weighted by Gasteiger charge is -2.37. The minimum absolute atomic E-state index is 0.355. The molecule has 4 rings (SSSR count). The van der Waals surface area contributed by atoms with E-state index in [2.05, 4.69) is 20.6 Å². The summed E-state index contributed by atoms with van der Waals surface area (Å²) >= 11 is 12.4. The third-order valence-corrected chi connectivity index (χ3v) is 5.36. The van der Waals surface area contributed by atoms with Crippen LogP contribution in [0.25, 0.3) is 11.0 Å². The van der Waals surface area contributed by atoms with E-state index in [0.29, 0.717) is 38.3 Å². The molecule has 0 saturated heterocycles. The number of aliphatic hydroxyl groups is 1. The van der Waals surface area contributed by atoms with Gasteiger partial charge in [-0.2, -0.15) is 0 Å². The van der Waals surface area contributed by atoms with Gasteiger partial charge >= 0.3 is 0 Å². The second-order valence-corrected chi connectivity index (χ2v) is 7.60. The van der Waals surface area contributed by atoms with Crippen molar-refractivity contribution in [1.29, 1.82) is 0 Å². The lowest BCUT2D eigenvalue weighted by molar-refractivity contribution is 0.0463. The van der Waals surface area contributed by atoms with Crippen LogP contribution in [0, 0.1) is 0 Å². The average molecular weight is 391 g/mol. The zero-order valence-corrected chi connectivity index (χ0v) is 15.5. The molecule has 1 aliphatic heterocycles. The summed E-state index contributed by atoms with van der Waals surface area (Å²) < 4.78 is 0. The minimum atomic E-state index is -0.960. The molecule has 0 saturated carbocycles. The first-order valence-electron chi connectivity index (χ1n) is 8.02. The number of carbonyl (C=O) groups is 1. The van der Waals surface area contributed by atoms with Crippen molar-refractivity contribution in [3.63, 3.8) is 0 Å². The van der Waals surface area contributed by atoms with Gasteiger partial charge < -0.3 is 20.7 Å². The highest BCUT2D eigenvalue weighted by Crippen LogP contribution is 2.37. The van der Waals surface area contributed by atoms with Crippen molar-refractivity contribution >= 4 is 51.8 Å². The number of hydrogen-bond acceptors (Lipinski definition) is 4. The van der Waals surface area contributed by atoms with E-state index in [9.17, 15) is 9.90 Å². The second-order valence-electron chi connectivity index (χ2n) is 6.79. The maximum atomic E-state index is 12.5. The molecule has 3 aromatic rings. The van der Waals surface area contributed by atoms with Crippen LogP contribution < -0.4 is 10.6 Å². The third-order valence-electron chi connectivity index (χ3n) is 4.73. The number of benzene rings is 2. The van der Waals surface area contributed by atoms with Crippen molar-refractivity contribution in [2.75, 3.05) is 5.32 Å². The second kappa shape index (κ2) is 5.87. The lowest BCUT2D eigenvalue weighted by Crippen LogP contribution is -2.52. The number of nitrogens with zero attached hydrogens (tertiary/aromatic N) is 1. The molecule has 0 spiro atoms. The summed E-state index contributed by atoms with van der Waals surface area (Å²) in [4.78, 5) is 20.1. The maximum absolute atomic E-state index is 12.5. The van der Waals surface area contributed by atoms with Gasteiger partial charge in [0.05, 0.1) is 26.8 Å². The van der Waals surface area contributed by atoms with Crippen molar-refractivity contribution < 1.29 is 9.90 Å². The Morgan fingerprint density at radius 3 is 2.58 bits per heavy atom. The Balaban J connectivity index is 1.85. The molecule has 2 heterocycles. The van der Waals surface area contributed by atoms with E-state index in [1.165, 1.54) is 0 Å². The van der Waals surface area contributed by atoms with Gasteiger partial charge in [-0.3, -0.25) is 4.79 Å². The van der Waals surface area contributed by atoms with E-state index in [0.717, 1.165) is 5.56 Å². The molecule has 134 valence electrons. The van der Waals surface area contributed by atoms with Crippen LogP contribution in [0.2, 0.25) is 10.0 Å². The topological polar surface area (TPSA) is 90.0 Å². The molecule has 1 aliphatic rings. The molecular weight excluding hydrogens is 375 g/mol. The predicted molar refractivity (Wildman–Crippen MR) is 102 cm³/mol. The van der Waals surface area contributed by atoms with Crippen molar-refractivity contribution in [2.45, 2.75) is 25.5 Å². The number of para-hydroxylation sites is 1. The van der Waals surface area contributed by atoms with Crippen LogP contribution >= 0.6 is 23.2 Å². The number of anilines is 2. The van der Waals surface area contributed by atoms with Gasteiger partial charge in [0.2, 0.25) is 5.95 Å². The van der Waals surface area contributed by atoms with E-state index in [-0.39, 0.29) is 5.91 Å². The number of carbonyl (C=O) groups excluding carboxylic acids is 1. The number of aliphatic hydroxyl groups excluding tert-OH is 1. The standard InChI is InChI=1S/C18H16Cl2N4O2/c1-18(2)8-6-7-11-14(12(8)15(25)24-16(18)26)23-17(21-11)22-13-9(19)4-3-5-10(13)20/h3-7,16,26H,1-2H3,(H,24,25)(H2,21,22,23). The lowest BCUT2D eigenvalue weighted by atomic mass is 9.77. The number of aromatic nitrogens is 2. The zero-order valence-electron chi connectivity index (χ0n) is 14.0. The van der Waals surface area contributed by atoms with Gasteiger partial charge in [-0.05, 0) is 23.8 Å². The first kappa shape index (κ1) is 17.1. The van der Waals surface area contributed by atoms with Crippen molar-refractivity contribution in [3.8, 4) is 0 Å². The van der Waals surface area contributed by atoms with Gasteiger partial charge in [-0.1, -0.05) is 49.2 Å². The molecule has 0 fully saturated rings. The molecular formula is C18H16Cl2N4O2. The van der Waals surface area contributed by atoms with Crippen LogP contribution in [0.15, 0.2) is 30.3 Å². The van der Waals surface area contributed by atoms with Crippen LogP contribution in [0.4, 0.5) is 11.6 Å². The number of hydrogen-bond donors (Lipinski definition) is 4. The van der Waals surface area contributed by atoms with E-state index in [4.69, 9.17) is 23.2 Å². The predicted octanol–water partition coefficient (Wildman–Crippen LogP) is 3.95. The Morgan fingerprint density at radius 1 is 1.19 bits per heavy atom. The van der Waals surface area contributed by atoms with E-state index in [1.807, 2.05) is 26.0 Å². The maximum Gasteiger partial charge on any atom is 0.255 e. The first-order valence-corrected chi connectivity index (χ1v) is 8.78. The summed E-state index contributed by atoms with van der Waals surface area (Å²) in [6.07, 6.45) is -0.960. The Hall–Kier alpha value is -2.28. The average Bonchev–Trinajstić information content (AvgIpc) is 2.98. The van der Waals surface area contributed by atoms with Gasteiger partial charge in [0, 0.05) is 5.41 Å². The summed E-state index contributed by atoms with van der Waals surface area (Å²) in [7, 11) is 0. The number of nitrogens with one attached hydrogen (secondary N) is 3. The highest BCUT2D eigenvalue weighted by atomic mass is 35.5.